The molecule has 0 radical (unpaired) electrons. The number of hydrogen-bond acceptors (Lipinski definition) is 3. The molecular weight excluding hydrogens is 318 g/mol. The van der Waals surface area contributed by atoms with E-state index in [1.54, 1.807) is 31.3 Å². The summed E-state index contributed by atoms with van der Waals surface area (Å²) in [6.07, 6.45) is 0.256. The zero-order valence-electron chi connectivity index (χ0n) is 14.7. The van der Waals surface area contributed by atoms with Crippen LogP contribution >= 0.6 is 0 Å². The zero-order chi connectivity index (χ0) is 18.2. The highest BCUT2D eigenvalue weighted by atomic mass is 16.5. The Balaban J connectivity index is 1.79. The fraction of sp³-hybridized carbons (Fsp3) is 0.263. The molecule has 3 N–H and O–H groups in total. The SMILES string of the molecule is CNC(=O)Nc1ccc(NC(=O)CCOc2ccc(C)cc2C)cc1. The van der Waals surface area contributed by atoms with Crippen LogP contribution in [0, 0.1) is 13.8 Å². The van der Waals surface area contributed by atoms with E-state index in [9.17, 15) is 9.59 Å². The number of carbonyl (C=O) groups is 2. The fourth-order valence-corrected chi connectivity index (χ4v) is 2.27. The van der Waals surface area contributed by atoms with Crippen LogP contribution in [0.4, 0.5) is 16.2 Å². The average molecular weight is 341 g/mol. The Labute approximate surface area is 147 Å². The summed E-state index contributed by atoms with van der Waals surface area (Å²) in [5, 5.41) is 7.92. The molecule has 25 heavy (non-hydrogen) atoms. The van der Waals surface area contributed by atoms with Crippen molar-refractivity contribution in [2.75, 3.05) is 24.3 Å². The van der Waals surface area contributed by atoms with E-state index in [4.69, 9.17) is 4.74 Å². The molecule has 132 valence electrons. The van der Waals surface area contributed by atoms with Crippen LogP contribution in [0.5, 0.6) is 5.75 Å². The number of aryl methyl sites for hydroxylation is 2. The second-order valence-corrected chi connectivity index (χ2v) is 5.70. The first-order valence-corrected chi connectivity index (χ1v) is 8.06. The smallest absolute Gasteiger partial charge is 0.318 e. The van der Waals surface area contributed by atoms with Gasteiger partial charge in [-0.25, -0.2) is 4.79 Å². The van der Waals surface area contributed by atoms with Gasteiger partial charge in [0.05, 0.1) is 13.0 Å². The van der Waals surface area contributed by atoms with Gasteiger partial charge < -0.3 is 20.7 Å². The molecule has 0 unspecified atom stereocenters. The largest absolute Gasteiger partial charge is 0.493 e. The molecule has 0 aromatic heterocycles. The van der Waals surface area contributed by atoms with Gasteiger partial charge in [-0.1, -0.05) is 17.7 Å². The third kappa shape index (κ3) is 5.84. The van der Waals surface area contributed by atoms with Gasteiger partial charge in [-0.3, -0.25) is 4.79 Å². The third-order valence-electron chi connectivity index (χ3n) is 3.57. The van der Waals surface area contributed by atoms with E-state index in [1.807, 2.05) is 32.0 Å². The standard InChI is InChI=1S/C19H23N3O3/c1-13-4-9-17(14(2)12-13)25-11-10-18(23)21-15-5-7-16(8-6-15)22-19(24)20-3/h4-9,12H,10-11H2,1-3H3,(H,21,23)(H2,20,22,24). The van der Waals surface area contributed by atoms with Crippen LogP contribution < -0.4 is 20.7 Å². The Hall–Kier alpha value is -3.02. The first kappa shape index (κ1) is 18.3. The van der Waals surface area contributed by atoms with Crippen LogP contribution in [0.1, 0.15) is 17.5 Å². The predicted molar refractivity (Wildman–Crippen MR) is 99.2 cm³/mol. The molecule has 3 amide bonds. The van der Waals surface area contributed by atoms with Gasteiger partial charge in [0, 0.05) is 18.4 Å². The average Bonchev–Trinajstić information content (AvgIpc) is 2.58. The van der Waals surface area contributed by atoms with E-state index in [0.717, 1.165) is 11.3 Å². The lowest BCUT2D eigenvalue weighted by atomic mass is 10.1. The number of anilines is 2. The lowest BCUT2D eigenvalue weighted by molar-refractivity contribution is -0.116. The van der Waals surface area contributed by atoms with Crippen LogP contribution in [0.15, 0.2) is 42.5 Å². The summed E-state index contributed by atoms with van der Waals surface area (Å²) in [5.74, 6) is 0.666. The predicted octanol–water partition coefficient (Wildman–Crippen LogP) is 3.46. The first-order chi connectivity index (χ1) is 12.0. The number of hydrogen-bond donors (Lipinski definition) is 3. The van der Waals surface area contributed by atoms with Crippen LogP contribution in [-0.2, 0) is 4.79 Å². The van der Waals surface area contributed by atoms with Crippen molar-refractivity contribution in [3.8, 4) is 5.75 Å². The Morgan fingerprint density at radius 1 is 0.960 bits per heavy atom. The van der Waals surface area contributed by atoms with Crippen molar-refractivity contribution in [2.45, 2.75) is 20.3 Å². The molecule has 0 bridgehead atoms. The zero-order valence-corrected chi connectivity index (χ0v) is 14.7. The van der Waals surface area contributed by atoms with Gasteiger partial charge >= 0.3 is 6.03 Å². The van der Waals surface area contributed by atoms with Gasteiger partial charge in [0.2, 0.25) is 5.91 Å². The Kier molecular flexibility index (Phi) is 6.39. The van der Waals surface area contributed by atoms with Gasteiger partial charge in [-0.05, 0) is 49.7 Å². The molecule has 0 aliphatic carbocycles. The second kappa shape index (κ2) is 8.73. The maximum absolute atomic E-state index is 12.0. The highest BCUT2D eigenvalue weighted by molar-refractivity contribution is 5.92. The van der Waals surface area contributed by atoms with Gasteiger partial charge in [0.1, 0.15) is 5.75 Å². The van der Waals surface area contributed by atoms with Crippen LogP contribution in [0.2, 0.25) is 0 Å². The molecule has 2 aromatic carbocycles. The highest BCUT2D eigenvalue weighted by Crippen LogP contribution is 2.19. The number of amides is 3. The maximum atomic E-state index is 12.0. The van der Waals surface area contributed by atoms with Crippen molar-refractivity contribution in [3.63, 3.8) is 0 Å². The van der Waals surface area contributed by atoms with E-state index in [0.29, 0.717) is 18.0 Å². The van der Waals surface area contributed by atoms with Crippen molar-refractivity contribution in [3.05, 3.63) is 53.6 Å². The molecule has 0 heterocycles. The summed E-state index contributed by atoms with van der Waals surface area (Å²) < 4.78 is 5.66. The molecule has 0 fully saturated rings. The molecule has 6 heteroatoms. The number of rotatable bonds is 6. The minimum atomic E-state index is -0.291. The number of benzene rings is 2. The molecular formula is C19H23N3O3. The van der Waals surface area contributed by atoms with E-state index in [2.05, 4.69) is 16.0 Å². The number of carbonyl (C=O) groups excluding carboxylic acids is 2. The molecule has 0 atom stereocenters. The minimum Gasteiger partial charge on any atom is -0.493 e. The Bertz CT molecular complexity index is 742. The van der Waals surface area contributed by atoms with Gasteiger partial charge in [-0.15, -0.1) is 0 Å². The topological polar surface area (TPSA) is 79.5 Å². The lowest BCUT2D eigenvalue weighted by Gasteiger charge is -2.10. The van der Waals surface area contributed by atoms with Crippen LogP contribution in [0.25, 0.3) is 0 Å². The fourth-order valence-electron chi connectivity index (χ4n) is 2.27. The molecule has 0 aliphatic rings. The number of nitrogens with one attached hydrogen (secondary N) is 3. The van der Waals surface area contributed by atoms with E-state index in [1.165, 1.54) is 5.56 Å². The monoisotopic (exact) mass is 341 g/mol. The lowest BCUT2D eigenvalue weighted by Crippen LogP contribution is -2.24. The summed E-state index contributed by atoms with van der Waals surface area (Å²) >= 11 is 0. The molecule has 0 spiro atoms. The third-order valence-corrected chi connectivity index (χ3v) is 3.57. The highest BCUT2D eigenvalue weighted by Gasteiger charge is 2.05. The molecule has 0 saturated heterocycles. The Morgan fingerprint density at radius 2 is 1.60 bits per heavy atom. The summed E-state index contributed by atoms with van der Waals surface area (Å²) in [4.78, 5) is 23.2. The maximum Gasteiger partial charge on any atom is 0.318 e. The molecule has 0 aliphatic heterocycles. The van der Waals surface area contributed by atoms with Crippen molar-refractivity contribution in [1.82, 2.24) is 5.32 Å². The van der Waals surface area contributed by atoms with Crippen LogP contribution in [0.3, 0.4) is 0 Å². The van der Waals surface area contributed by atoms with E-state index >= 15 is 0 Å². The van der Waals surface area contributed by atoms with Gasteiger partial charge in [0.15, 0.2) is 0 Å². The summed E-state index contributed by atoms with van der Waals surface area (Å²) in [6.45, 7) is 4.32. The van der Waals surface area contributed by atoms with Gasteiger partial charge in [-0.2, -0.15) is 0 Å². The normalized spacial score (nSPS) is 10.0. The van der Waals surface area contributed by atoms with E-state index in [-0.39, 0.29) is 18.4 Å². The molecule has 6 nitrogen and oxygen atoms in total. The van der Waals surface area contributed by atoms with Crippen molar-refractivity contribution < 1.29 is 14.3 Å². The molecule has 2 aromatic rings. The first-order valence-electron chi connectivity index (χ1n) is 8.06. The van der Waals surface area contributed by atoms with Crippen molar-refractivity contribution in [1.29, 1.82) is 0 Å². The Morgan fingerprint density at radius 3 is 2.20 bits per heavy atom. The molecule has 2 rings (SSSR count). The number of urea groups is 1. The minimum absolute atomic E-state index is 0.128. The summed E-state index contributed by atoms with van der Waals surface area (Å²) in [7, 11) is 1.55. The van der Waals surface area contributed by atoms with Gasteiger partial charge in [0.25, 0.3) is 0 Å². The van der Waals surface area contributed by atoms with E-state index < -0.39 is 0 Å². The van der Waals surface area contributed by atoms with Crippen LogP contribution in [-0.4, -0.2) is 25.6 Å². The summed E-state index contributed by atoms with van der Waals surface area (Å²) in [6, 6.07) is 12.6. The second-order valence-electron chi connectivity index (χ2n) is 5.70. The van der Waals surface area contributed by atoms with Crippen molar-refractivity contribution in [2.24, 2.45) is 0 Å². The number of ether oxygens (including phenoxy) is 1. The molecule has 0 saturated carbocycles. The van der Waals surface area contributed by atoms with Crippen molar-refractivity contribution >= 4 is 23.3 Å². The quantitative estimate of drug-likeness (QED) is 0.753. The summed E-state index contributed by atoms with van der Waals surface area (Å²) in [5.41, 5.74) is 3.55.